The quantitative estimate of drug-likeness (QED) is 0.166. The highest BCUT2D eigenvalue weighted by Crippen LogP contribution is 2.29. The number of ether oxygens (including phenoxy) is 2. The fraction of sp³-hybridized carbons (Fsp3) is 0.214. The number of carbonyl (C=O) groups is 1. The van der Waals surface area contributed by atoms with Crippen molar-refractivity contribution < 1.29 is 14.3 Å². The van der Waals surface area contributed by atoms with E-state index in [-0.39, 0.29) is 11.7 Å². The van der Waals surface area contributed by atoms with Gasteiger partial charge in [0.25, 0.3) is 5.91 Å². The van der Waals surface area contributed by atoms with Crippen LogP contribution in [-0.4, -0.2) is 46.4 Å². The van der Waals surface area contributed by atoms with Crippen LogP contribution in [0.25, 0.3) is 17.1 Å². The molecule has 1 aromatic heterocycles. The summed E-state index contributed by atoms with van der Waals surface area (Å²) < 4.78 is 12.8. The minimum Gasteiger partial charge on any atom is -0.497 e. The Morgan fingerprint density at radius 3 is 2.38 bits per heavy atom. The van der Waals surface area contributed by atoms with Gasteiger partial charge in [-0.15, -0.1) is 10.2 Å². The molecule has 0 spiro atoms. The van der Waals surface area contributed by atoms with Crippen LogP contribution in [-0.2, 0) is 4.79 Å². The summed E-state index contributed by atoms with van der Waals surface area (Å²) in [6.45, 7) is 4.78. The second-order valence-electron chi connectivity index (χ2n) is 8.20. The average Bonchev–Trinajstić information content (AvgIpc) is 3.36. The molecule has 190 valence electrons. The number of hydrazone groups is 1. The largest absolute Gasteiger partial charge is 0.497 e. The monoisotopic (exact) mass is 515 g/mol. The van der Waals surface area contributed by atoms with Crippen LogP contribution in [0.15, 0.2) is 83.1 Å². The topological polar surface area (TPSA) is 90.6 Å². The molecule has 0 bridgehead atoms. The third kappa shape index (κ3) is 6.98. The maximum atomic E-state index is 12.5. The highest BCUT2D eigenvalue weighted by atomic mass is 32.2. The Bertz CT molecular complexity index is 1330. The summed E-state index contributed by atoms with van der Waals surface area (Å²) in [5, 5.41) is 13.5. The van der Waals surface area contributed by atoms with Crippen LogP contribution < -0.4 is 14.9 Å². The maximum Gasteiger partial charge on any atom is 0.250 e. The van der Waals surface area contributed by atoms with Gasteiger partial charge < -0.3 is 9.47 Å². The first-order valence-corrected chi connectivity index (χ1v) is 12.9. The standard InChI is InChI=1S/C28H29N5O3S/c1-4-17-36-25-13-7-21(8-14-25)18-29-30-26(34)19-37-28-32-31-27(22-9-15-24(35-3)16-10-22)33(28)23-11-5-20(2)6-12-23/h5-16,18H,4,17,19H2,1-3H3,(H,30,34)/b29-18+. The summed E-state index contributed by atoms with van der Waals surface area (Å²) in [5.74, 6) is 2.14. The Balaban J connectivity index is 1.44. The SMILES string of the molecule is CCCOc1ccc(/C=N/NC(=O)CSc2nnc(-c3ccc(OC)cc3)n2-c2ccc(C)cc2)cc1. The highest BCUT2D eigenvalue weighted by molar-refractivity contribution is 7.99. The normalized spacial score (nSPS) is 11.0. The number of rotatable bonds is 11. The van der Waals surface area contributed by atoms with Gasteiger partial charge in [0.15, 0.2) is 11.0 Å². The van der Waals surface area contributed by atoms with Crippen LogP contribution >= 0.6 is 11.8 Å². The van der Waals surface area contributed by atoms with E-state index in [4.69, 9.17) is 9.47 Å². The number of methoxy groups -OCH3 is 1. The van der Waals surface area contributed by atoms with Gasteiger partial charge in [0.05, 0.1) is 25.7 Å². The van der Waals surface area contributed by atoms with Crippen molar-refractivity contribution >= 4 is 23.9 Å². The van der Waals surface area contributed by atoms with Crippen molar-refractivity contribution in [2.45, 2.75) is 25.4 Å². The Hall–Kier alpha value is -4.11. The Labute approximate surface area is 220 Å². The smallest absolute Gasteiger partial charge is 0.250 e. The molecule has 0 saturated heterocycles. The third-order valence-electron chi connectivity index (χ3n) is 5.36. The molecule has 8 nitrogen and oxygen atoms in total. The molecular formula is C28H29N5O3S. The molecule has 9 heteroatoms. The number of amides is 1. The summed E-state index contributed by atoms with van der Waals surface area (Å²) >= 11 is 1.30. The number of benzene rings is 3. The van der Waals surface area contributed by atoms with Crippen LogP contribution in [0.4, 0.5) is 0 Å². The first-order chi connectivity index (χ1) is 18.1. The zero-order chi connectivity index (χ0) is 26.0. The van der Waals surface area contributed by atoms with Gasteiger partial charge in [0, 0.05) is 11.3 Å². The fourth-order valence-electron chi connectivity index (χ4n) is 3.43. The molecule has 4 rings (SSSR count). The predicted octanol–water partition coefficient (Wildman–Crippen LogP) is 5.28. The molecule has 3 aromatic carbocycles. The molecule has 0 aliphatic rings. The lowest BCUT2D eigenvalue weighted by Gasteiger charge is -2.11. The Kier molecular flexibility index (Phi) is 8.93. The van der Waals surface area contributed by atoms with Crippen LogP contribution in [0, 0.1) is 6.92 Å². The van der Waals surface area contributed by atoms with Gasteiger partial charge in [-0.25, -0.2) is 5.43 Å². The van der Waals surface area contributed by atoms with Gasteiger partial charge >= 0.3 is 0 Å². The third-order valence-corrected chi connectivity index (χ3v) is 6.29. The highest BCUT2D eigenvalue weighted by Gasteiger charge is 2.17. The lowest BCUT2D eigenvalue weighted by atomic mass is 10.2. The number of carbonyl (C=O) groups excluding carboxylic acids is 1. The second-order valence-corrected chi connectivity index (χ2v) is 9.15. The molecule has 0 atom stereocenters. The first kappa shape index (κ1) is 26.0. The molecule has 0 unspecified atom stereocenters. The Morgan fingerprint density at radius 2 is 1.70 bits per heavy atom. The molecule has 0 fully saturated rings. The molecule has 1 amide bonds. The van der Waals surface area contributed by atoms with Gasteiger partial charge in [-0.2, -0.15) is 5.10 Å². The van der Waals surface area contributed by atoms with Gasteiger partial charge in [0.2, 0.25) is 0 Å². The van der Waals surface area contributed by atoms with Crippen LogP contribution in [0.3, 0.4) is 0 Å². The molecule has 0 aliphatic carbocycles. The van der Waals surface area contributed by atoms with E-state index in [1.807, 2.05) is 84.3 Å². The fourth-order valence-corrected chi connectivity index (χ4v) is 4.17. The Morgan fingerprint density at radius 1 is 1.00 bits per heavy atom. The summed E-state index contributed by atoms with van der Waals surface area (Å²) in [4.78, 5) is 12.5. The number of aryl methyl sites for hydroxylation is 1. The van der Waals surface area contributed by atoms with Crippen LogP contribution in [0.1, 0.15) is 24.5 Å². The molecule has 37 heavy (non-hydrogen) atoms. The van der Waals surface area contributed by atoms with E-state index in [2.05, 4.69) is 27.6 Å². The summed E-state index contributed by atoms with van der Waals surface area (Å²) in [5.41, 5.74) is 6.39. The zero-order valence-electron chi connectivity index (χ0n) is 21.0. The van der Waals surface area contributed by atoms with E-state index in [9.17, 15) is 4.79 Å². The van der Waals surface area contributed by atoms with Crippen molar-refractivity contribution in [3.05, 3.63) is 83.9 Å². The predicted molar refractivity (Wildman–Crippen MR) is 147 cm³/mol. The lowest BCUT2D eigenvalue weighted by molar-refractivity contribution is -0.118. The summed E-state index contributed by atoms with van der Waals surface area (Å²) in [6.07, 6.45) is 2.56. The van der Waals surface area contributed by atoms with Crippen LogP contribution in [0.5, 0.6) is 11.5 Å². The molecular weight excluding hydrogens is 486 g/mol. The van der Waals surface area contributed by atoms with E-state index in [0.29, 0.717) is 17.6 Å². The van der Waals surface area contributed by atoms with Gasteiger partial charge in [0.1, 0.15) is 11.5 Å². The number of hydrogen-bond donors (Lipinski definition) is 1. The minimum atomic E-state index is -0.242. The maximum absolute atomic E-state index is 12.5. The van der Waals surface area contributed by atoms with E-state index in [0.717, 1.165) is 40.3 Å². The average molecular weight is 516 g/mol. The summed E-state index contributed by atoms with van der Waals surface area (Å²) in [6, 6.07) is 23.3. The van der Waals surface area contributed by atoms with Gasteiger partial charge in [-0.05, 0) is 79.6 Å². The lowest BCUT2D eigenvalue weighted by Crippen LogP contribution is -2.20. The van der Waals surface area contributed by atoms with E-state index < -0.39 is 0 Å². The van der Waals surface area contributed by atoms with Crippen LogP contribution in [0.2, 0.25) is 0 Å². The number of aromatic nitrogens is 3. The van der Waals surface area contributed by atoms with Crippen molar-refractivity contribution in [3.8, 4) is 28.6 Å². The summed E-state index contributed by atoms with van der Waals surface area (Å²) in [7, 11) is 1.63. The number of hydrogen-bond acceptors (Lipinski definition) is 7. The van der Waals surface area contributed by atoms with E-state index >= 15 is 0 Å². The molecule has 4 aromatic rings. The number of nitrogens with zero attached hydrogens (tertiary/aromatic N) is 4. The van der Waals surface area contributed by atoms with Gasteiger partial charge in [-0.1, -0.05) is 36.4 Å². The zero-order valence-corrected chi connectivity index (χ0v) is 21.9. The molecule has 1 N–H and O–H groups in total. The number of thioether (sulfide) groups is 1. The van der Waals surface area contributed by atoms with Crippen molar-refractivity contribution in [3.63, 3.8) is 0 Å². The second kappa shape index (κ2) is 12.7. The molecule has 0 aliphatic heterocycles. The first-order valence-electron chi connectivity index (χ1n) is 11.9. The molecule has 1 heterocycles. The van der Waals surface area contributed by atoms with E-state index in [1.54, 1.807) is 13.3 Å². The number of nitrogens with one attached hydrogen (secondary N) is 1. The van der Waals surface area contributed by atoms with Crippen molar-refractivity contribution in [2.75, 3.05) is 19.5 Å². The minimum absolute atomic E-state index is 0.133. The van der Waals surface area contributed by atoms with Crippen molar-refractivity contribution in [1.82, 2.24) is 20.2 Å². The molecule has 0 saturated carbocycles. The molecule has 0 radical (unpaired) electrons. The van der Waals surface area contributed by atoms with Crippen molar-refractivity contribution in [1.29, 1.82) is 0 Å². The van der Waals surface area contributed by atoms with Gasteiger partial charge in [-0.3, -0.25) is 9.36 Å². The van der Waals surface area contributed by atoms with E-state index in [1.165, 1.54) is 11.8 Å². The van der Waals surface area contributed by atoms with Crippen molar-refractivity contribution in [2.24, 2.45) is 5.10 Å².